The SMILES string of the molecule is CCCCC(CC)COC1C(C)CC(C)CC1N. The first-order valence-electron chi connectivity index (χ1n) is 7.95. The number of unbranched alkanes of at least 4 members (excludes halogenated alkanes) is 1. The molecular formula is C16H33NO. The van der Waals surface area contributed by atoms with Gasteiger partial charge in [0.25, 0.3) is 0 Å². The van der Waals surface area contributed by atoms with Crippen LogP contribution in [-0.2, 0) is 4.74 Å². The fourth-order valence-electron chi connectivity index (χ4n) is 3.32. The third-order valence-corrected chi connectivity index (χ3v) is 4.50. The maximum absolute atomic E-state index is 6.26. The van der Waals surface area contributed by atoms with E-state index in [2.05, 4.69) is 27.7 Å². The van der Waals surface area contributed by atoms with E-state index in [9.17, 15) is 0 Å². The molecule has 2 heteroatoms. The van der Waals surface area contributed by atoms with E-state index >= 15 is 0 Å². The minimum absolute atomic E-state index is 0.243. The van der Waals surface area contributed by atoms with Crippen molar-refractivity contribution in [1.82, 2.24) is 0 Å². The van der Waals surface area contributed by atoms with Gasteiger partial charge in [-0.25, -0.2) is 0 Å². The lowest BCUT2D eigenvalue weighted by Gasteiger charge is -2.38. The van der Waals surface area contributed by atoms with Crippen molar-refractivity contribution in [2.24, 2.45) is 23.5 Å². The summed E-state index contributed by atoms with van der Waals surface area (Å²) in [5.41, 5.74) is 6.26. The van der Waals surface area contributed by atoms with Crippen LogP contribution in [0.25, 0.3) is 0 Å². The first kappa shape index (κ1) is 16.0. The van der Waals surface area contributed by atoms with Crippen LogP contribution in [-0.4, -0.2) is 18.8 Å². The van der Waals surface area contributed by atoms with Crippen molar-refractivity contribution >= 4 is 0 Å². The maximum Gasteiger partial charge on any atom is 0.0751 e. The highest BCUT2D eigenvalue weighted by Gasteiger charge is 2.32. The molecule has 0 radical (unpaired) electrons. The molecule has 1 rings (SSSR count). The molecular weight excluding hydrogens is 222 g/mol. The van der Waals surface area contributed by atoms with E-state index in [0.29, 0.717) is 5.92 Å². The van der Waals surface area contributed by atoms with E-state index in [-0.39, 0.29) is 12.1 Å². The Labute approximate surface area is 114 Å². The van der Waals surface area contributed by atoms with Gasteiger partial charge in [-0.15, -0.1) is 0 Å². The lowest BCUT2D eigenvalue weighted by molar-refractivity contribution is -0.0440. The highest BCUT2D eigenvalue weighted by Crippen LogP contribution is 2.30. The van der Waals surface area contributed by atoms with Gasteiger partial charge in [0.2, 0.25) is 0 Å². The summed E-state index contributed by atoms with van der Waals surface area (Å²) in [6.45, 7) is 10.0. The minimum atomic E-state index is 0.243. The Kier molecular flexibility index (Phi) is 7.25. The fourth-order valence-corrected chi connectivity index (χ4v) is 3.32. The van der Waals surface area contributed by atoms with Crippen LogP contribution in [0, 0.1) is 17.8 Å². The second-order valence-corrected chi connectivity index (χ2v) is 6.43. The summed E-state index contributed by atoms with van der Waals surface area (Å²) in [5, 5.41) is 0. The lowest BCUT2D eigenvalue weighted by atomic mass is 9.78. The largest absolute Gasteiger partial charge is 0.376 e. The number of nitrogens with two attached hydrogens (primary N) is 1. The van der Waals surface area contributed by atoms with Crippen LogP contribution >= 0.6 is 0 Å². The molecule has 18 heavy (non-hydrogen) atoms. The third kappa shape index (κ3) is 4.89. The van der Waals surface area contributed by atoms with E-state index in [4.69, 9.17) is 10.5 Å². The molecule has 1 fully saturated rings. The van der Waals surface area contributed by atoms with E-state index in [1.54, 1.807) is 0 Å². The maximum atomic E-state index is 6.26. The van der Waals surface area contributed by atoms with Crippen LogP contribution in [0.2, 0.25) is 0 Å². The second kappa shape index (κ2) is 8.16. The summed E-state index contributed by atoms with van der Waals surface area (Å²) in [6, 6.07) is 0.243. The molecule has 5 unspecified atom stereocenters. The number of hydrogen-bond donors (Lipinski definition) is 1. The molecule has 1 aliphatic rings. The van der Waals surface area contributed by atoms with E-state index in [1.807, 2.05) is 0 Å². The third-order valence-electron chi connectivity index (χ3n) is 4.50. The quantitative estimate of drug-likeness (QED) is 0.747. The molecule has 1 saturated carbocycles. The Bertz CT molecular complexity index is 207. The molecule has 108 valence electrons. The Morgan fingerprint density at radius 3 is 2.50 bits per heavy atom. The van der Waals surface area contributed by atoms with Crippen molar-refractivity contribution in [1.29, 1.82) is 0 Å². The predicted molar refractivity (Wildman–Crippen MR) is 78.6 cm³/mol. The molecule has 0 aromatic heterocycles. The Hall–Kier alpha value is -0.0800. The molecule has 0 aliphatic heterocycles. The summed E-state index contributed by atoms with van der Waals surface area (Å²) < 4.78 is 6.18. The van der Waals surface area contributed by atoms with Crippen LogP contribution in [0.15, 0.2) is 0 Å². The van der Waals surface area contributed by atoms with Crippen LogP contribution in [0.4, 0.5) is 0 Å². The van der Waals surface area contributed by atoms with Crippen LogP contribution in [0.1, 0.15) is 66.2 Å². The van der Waals surface area contributed by atoms with Gasteiger partial charge in [-0.05, 0) is 37.0 Å². The first-order chi connectivity index (χ1) is 8.58. The van der Waals surface area contributed by atoms with Crippen LogP contribution < -0.4 is 5.73 Å². The summed E-state index contributed by atoms with van der Waals surface area (Å²) in [4.78, 5) is 0. The van der Waals surface area contributed by atoms with Crippen molar-refractivity contribution in [2.45, 2.75) is 78.4 Å². The molecule has 0 aromatic rings. The van der Waals surface area contributed by atoms with Gasteiger partial charge < -0.3 is 10.5 Å². The second-order valence-electron chi connectivity index (χ2n) is 6.43. The average Bonchev–Trinajstić information content (AvgIpc) is 2.31. The van der Waals surface area contributed by atoms with Gasteiger partial charge in [0, 0.05) is 12.6 Å². The first-order valence-corrected chi connectivity index (χ1v) is 7.95. The van der Waals surface area contributed by atoms with Gasteiger partial charge in [-0.1, -0.05) is 47.0 Å². The monoisotopic (exact) mass is 255 g/mol. The van der Waals surface area contributed by atoms with Gasteiger partial charge in [0.15, 0.2) is 0 Å². The van der Waals surface area contributed by atoms with Crippen LogP contribution in [0.5, 0.6) is 0 Å². The van der Waals surface area contributed by atoms with Crippen molar-refractivity contribution < 1.29 is 4.74 Å². The number of ether oxygens (including phenoxy) is 1. The lowest BCUT2D eigenvalue weighted by Crippen LogP contribution is -2.47. The van der Waals surface area contributed by atoms with Gasteiger partial charge in [-0.2, -0.15) is 0 Å². The van der Waals surface area contributed by atoms with Crippen molar-refractivity contribution in [3.8, 4) is 0 Å². The topological polar surface area (TPSA) is 35.2 Å². The van der Waals surface area contributed by atoms with Gasteiger partial charge in [0.1, 0.15) is 0 Å². The zero-order chi connectivity index (χ0) is 13.5. The molecule has 0 aromatic carbocycles. The van der Waals surface area contributed by atoms with E-state index in [1.165, 1.54) is 32.1 Å². The highest BCUT2D eigenvalue weighted by atomic mass is 16.5. The van der Waals surface area contributed by atoms with E-state index < -0.39 is 0 Å². The summed E-state index contributed by atoms with van der Waals surface area (Å²) >= 11 is 0. The van der Waals surface area contributed by atoms with E-state index in [0.717, 1.165) is 24.9 Å². The summed E-state index contributed by atoms with van der Waals surface area (Å²) in [5.74, 6) is 2.10. The molecule has 5 atom stereocenters. The van der Waals surface area contributed by atoms with Gasteiger partial charge in [0.05, 0.1) is 6.10 Å². The molecule has 2 nitrogen and oxygen atoms in total. The molecule has 1 aliphatic carbocycles. The molecule has 2 N–H and O–H groups in total. The average molecular weight is 255 g/mol. The van der Waals surface area contributed by atoms with Crippen molar-refractivity contribution in [3.05, 3.63) is 0 Å². The fraction of sp³-hybridized carbons (Fsp3) is 1.00. The molecule has 0 saturated heterocycles. The van der Waals surface area contributed by atoms with Gasteiger partial charge >= 0.3 is 0 Å². The Morgan fingerprint density at radius 1 is 1.22 bits per heavy atom. The van der Waals surface area contributed by atoms with Crippen molar-refractivity contribution in [3.63, 3.8) is 0 Å². The van der Waals surface area contributed by atoms with Crippen LogP contribution in [0.3, 0.4) is 0 Å². The zero-order valence-corrected chi connectivity index (χ0v) is 12.8. The molecule has 0 heterocycles. The summed E-state index contributed by atoms with van der Waals surface area (Å²) in [7, 11) is 0. The Balaban J connectivity index is 2.36. The molecule has 0 amide bonds. The standard InChI is InChI=1S/C16H33NO/c1-5-7-8-14(6-2)11-18-16-13(4)9-12(3)10-15(16)17/h12-16H,5-11,17H2,1-4H3. The minimum Gasteiger partial charge on any atom is -0.376 e. The summed E-state index contributed by atoms with van der Waals surface area (Å²) in [6.07, 6.45) is 7.83. The predicted octanol–water partition coefficient (Wildman–Crippen LogP) is 3.98. The smallest absolute Gasteiger partial charge is 0.0751 e. The number of rotatable bonds is 7. The van der Waals surface area contributed by atoms with Gasteiger partial charge in [-0.3, -0.25) is 0 Å². The molecule has 0 bridgehead atoms. The molecule has 0 spiro atoms. The normalized spacial score (nSPS) is 34.5. The zero-order valence-electron chi connectivity index (χ0n) is 12.8. The number of hydrogen-bond acceptors (Lipinski definition) is 2. The Morgan fingerprint density at radius 2 is 1.94 bits per heavy atom. The van der Waals surface area contributed by atoms with Crippen molar-refractivity contribution in [2.75, 3.05) is 6.61 Å². The highest BCUT2D eigenvalue weighted by molar-refractivity contribution is 4.86.